The van der Waals surface area contributed by atoms with Crippen molar-refractivity contribution in [3.8, 4) is 0 Å². The average Bonchev–Trinajstić information content (AvgIpc) is 2.68. The Morgan fingerprint density at radius 2 is 1.92 bits per heavy atom. The molecule has 4 aliphatic rings. The Hall–Kier alpha value is -0.870. The number of aliphatic hydroxyl groups is 2. The standard InChI is InChI=1S/C20H30O4/c1-11-12-9-13(21)15-18(2)6-4-7-19(3,17(23)24)14(18)5-8-20(15,10-12)16(11)22/h12-16,21-22H,1,4-10H2,2-3H3,(H,23,24)/t12-,13+,14+,15-,16-,18-,19-,20-/m1/s1. The Morgan fingerprint density at radius 3 is 2.58 bits per heavy atom. The van der Waals surface area contributed by atoms with Gasteiger partial charge in [-0.2, -0.15) is 0 Å². The lowest BCUT2D eigenvalue weighted by Gasteiger charge is -2.64. The number of hydrogen-bond donors (Lipinski definition) is 3. The Balaban J connectivity index is 1.82. The number of aliphatic carboxylic acids is 1. The van der Waals surface area contributed by atoms with E-state index in [0.717, 1.165) is 44.1 Å². The van der Waals surface area contributed by atoms with E-state index in [1.165, 1.54) is 0 Å². The maximum absolute atomic E-state index is 12.1. The zero-order valence-electron chi connectivity index (χ0n) is 14.8. The van der Waals surface area contributed by atoms with Crippen molar-refractivity contribution in [1.29, 1.82) is 0 Å². The number of carbonyl (C=O) groups is 1. The summed E-state index contributed by atoms with van der Waals surface area (Å²) in [5.41, 5.74) is -0.331. The Morgan fingerprint density at radius 1 is 1.21 bits per heavy atom. The molecule has 0 heterocycles. The number of hydrogen-bond acceptors (Lipinski definition) is 3. The summed E-state index contributed by atoms with van der Waals surface area (Å²) < 4.78 is 0. The second-order valence-electron chi connectivity index (χ2n) is 9.57. The minimum atomic E-state index is -0.717. The van der Waals surface area contributed by atoms with Gasteiger partial charge < -0.3 is 15.3 Å². The van der Waals surface area contributed by atoms with E-state index in [1.54, 1.807) is 0 Å². The molecule has 24 heavy (non-hydrogen) atoms. The number of rotatable bonds is 1. The van der Waals surface area contributed by atoms with E-state index >= 15 is 0 Å². The lowest BCUT2D eigenvalue weighted by Crippen LogP contribution is -2.63. The van der Waals surface area contributed by atoms with Gasteiger partial charge in [-0.25, -0.2) is 0 Å². The first-order valence-electron chi connectivity index (χ1n) is 9.45. The molecular weight excluding hydrogens is 304 g/mol. The molecule has 2 bridgehead atoms. The highest BCUT2D eigenvalue weighted by Gasteiger charge is 2.69. The molecule has 8 atom stereocenters. The van der Waals surface area contributed by atoms with Gasteiger partial charge >= 0.3 is 5.97 Å². The molecule has 134 valence electrons. The fourth-order valence-electron chi connectivity index (χ4n) is 7.73. The van der Waals surface area contributed by atoms with Crippen LogP contribution in [0.1, 0.15) is 58.8 Å². The van der Waals surface area contributed by atoms with Gasteiger partial charge in [0.25, 0.3) is 0 Å². The van der Waals surface area contributed by atoms with E-state index in [2.05, 4.69) is 13.5 Å². The van der Waals surface area contributed by atoms with E-state index in [9.17, 15) is 20.1 Å². The zero-order valence-corrected chi connectivity index (χ0v) is 14.8. The summed E-state index contributed by atoms with van der Waals surface area (Å²) in [6, 6.07) is 0. The van der Waals surface area contributed by atoms with Crippen LogP contribution in [0.2, 0.25) is 0 Å². The average molecular weight is 334 g/mol. The van der Waals surface area contributed by atoms with Crippen LogP contribution in [0.25, 0.3) is 0 Å². The molecule has 0 aromatic carbocycles. The van der Waals surface area contributed by atoms with Gasteiger partial charge in [-0.3, -0.25) is 4.79 Å². The largest absolute Gasteiger partial charge is 0.481 e. The maximum atomic E-state index is 12.1. The second-order valence-corrected chi connectivity index (χ2v) is 9.57. The van der Waals surface area contributed by atoms with E-state index in [1.807, 2.05) is 6.92 Å². The number of aliphatic hydroxyl groups excluding tert-OH is 2. The summed E-state index contributed by atoms with van der Waals surface area (Å²) in [4.78, 5) is 12.1. The monoisotopic (exact) mass is 334 g/mol. The fourth-order valence-corrected chi connectivity index (χ4v) is 7.73. The predicted molar refractivity (Wildman–Crippen MR) is 90.2 cm³/mol. The third-order valence-electron chi connectivity index (χ3n) is 8.65. The summed E-state index contributed by atoms with van der Waals surface area (Å²) in [5, 5.41) is 31.9. The molecule has 0 unspecified atom stereocenters. The van der Waals surface area contributed by atoms with E-state index < -0.39 is 23.6 Å². The summed E-state index contributed by atoms with van der Waals surface area (Å²) in [6.45, 7) is 8.22. The first kappa shape index (κ1) is 16.6. The van der Waals surface area contributed by atoms with Crippen LogP contribution in [0.5, 0.6) is 0 Å². The Labute approximate surface area is 144 Å². The number of carboxylic acid groups (broad SMARTS) is 1. The van der Waals surface area contributed by atoms with Crippen LogP contribution in [-0.2, 0) is 4.79 Å². The van der Waals surface area contributed by atoms with Gasteiger partial charge in [0.1, 0.15) is 0 Å². The van der Waals surface area contributed by atoms with Crippen LogP contribution in [0.3, 0.4) is 0 Å². The molecule has 0 amide bonds. The van der Waals surface area contributed by atoms with E-state index in [0.29, 0.717) is 6.42 Å². The molecule has 0 aromatic rings. The SMILES string of the molecule is C=C1[C@@H]2C[C@H](O)[C@@H]3[C@]4(C)CCC[C@@](C)(C(=O)O)[C@H]4CC[C@]3(C2)[C@@H]1O. The molecule has 4 aliphatic carbocycles. The van der Waals surface area contributed by atoms with Crippen LogP contribution in [0.15, 0.2) is 12.2 Å². The number of fused-ring (bicyclic) bond motifs is 3. The third kappa shape index (κ3) is 1.74. The summed E-state index contributed by atoms with van der Waals surface area (Å²) >= 11 is 0. The van der Waals surface area contributed by atoms with Crippen LogP contribution >= 0.6 is 0 Å². The third-order valence-corrected chi connectivity index (χ3v) is 8.65. The number of carboxylic acids is 1. The molecule has 4 nitrogen and oxygen atoms in total. The lowest BCUT2D eigenvalue weighted by atomic mass is 9.40. The molecular formula is C20H30O4. The van der Waals surface area contributed by atoms with Gasteiger partial charge in [-0.15, -0.1) is 0 Å². The highest BCUT2D eigenvalue weighted by atomic mass is 16.4. The Kier molecular flexibility index (Phi) is 3.35. The fraction of sp³-hybridized carbons (Fsp3) is 0.850. The van der Waals surface area contributed by atoms with Crippen LogP contribution in [0.4, 0.5) is 0 Å². The minimum Gasteiger partial charge on any atom is -0.481 e. The van der Waals surface area contributed by atoms with Crippen LogP contribution in [-0.4, -0.2) is 33.5 Å². The van der Waals surface area contributed by atoms with Gasteiger partial charge in [0.2, 0.25) is 0 Å². The summed E-state index contributed by atoms with van der Waals surface area (Å²) in [5.74, 6) is -0.429. The normalized spacial score (nSPS) is 56.5. The van der Waals surface area contributed by atoms with Crippen molar-refractivity contribution in [2.24, 2.45) is 34.0 Å². The topological polar surface area (TPSA) is 77.8 Å². The molecule has 0 aliphatic heterocycles. The molecule has 3 N–H and O–H groups in total. The smallest absolute Gasteiger partial charge is 0.309 e. The van der Waals surface area contributed by atoms with E-state index in [-0.39, 0.29) is 28.6 Å². The summed E-state index contributed by atoms with van der Waals surface area (Å²) in [6.07, 6.45) is 4.80. The molecule has 4 heteroatoms. The van der Waals surface area contributed by atoms with Crippen molar-refractivity contribution in [3.63, 3.8) is 0 Å². The first-order valence-corrected chi connectivity index (χ1v) is 9.45. The van der Waals surface area contributed by atoms with Gasteiger partial charge in [0.15, 0.2) is 0 Å². The Bertz CT molecular complexity index is 600. The van der Waals surface area contributed by atoms with Crippen LogP contribution < -0.4 is 0 Å². The minimum absolute atomic E-state index is 0.0202. The molecule has 4 rings (SSSR count). The van der Waals surface area contributed by atoms with Crippen molar-refractivity contribution in [2.75, 3.05) is 0 Å². The van der Waals surface area contributed by atoms with Crippen molar-refractivity contribution >= 4 is 5.97 Å². The highest BCUT2D eigenvalue weighted by Crippen LogP contribution is 2.72. The molecule has 4 saturated carbocycles. The quantitative estimate of drug-likeness (QED) is 0.644. The van der Waals surface area contributed by atoms with Gasteiger partial charge in [-0.1, -0.05) is 19.9 Å². The molecule has 0 aromatic heterocycles. The molecule has 0 saturated heterocycles. The zero-order chi connectivity index (χ0) is 17.5. The van der Waals surface area contributed by atoms with Crippen molar-refractivity contribution in [1.82, 2.24) is 0 Å². The molecule has 0 radical (unpaired) electrons. The van der Waals surface area contributed by atoms with Crippen LogP contribution in [0, 0.1) is 34.0 Å². The highest BCUT2D eigenvalue weighted by molar-refractivity contribution is 5.75. The lowest BCUT2D eigenvalue weighted by molar-refractivity contribution is -0.212. The van der Waals surface area contributed by atoms with Gasteiger partial charge in [0.05, 0.1) is 17.6 Å². The second kappa shape index (κ2) is 4.85. The predicted octanol–water partition coefficient (Wildman–Crippen LogP) is 2.98. The van der Waals surface area contributed by atoms with E-state index in [4.69, 9.17) is 0 Å². The molecule has 1 spiro atoms. The first-order chi connectivity index (χ1) is 11.2. The maximum Gasteiger partial charge on any atom is 0.309 e. The van der Waals surface area contributed by atoms with Crippen molar-refractivity contribution in [2.45, 2.75) is 71.0 Å². The van der Waals surface area contributed by atoms with Gasteiger partial charge in [0, 0.05) is 5.41 Å². The van der Waals surface area contributed by atoms with Crippen molar-refractivity contribution in [3.05, 3.63) is 12.2 Å². The van der Waals surface area contributed by atoms with Crippen molar-refractivity contribution < 1.29 is 20.1 Å². The molecule has 4 fully saturated rings. The summed E-state index contributed by atoms with van der Waals surface area (Å²) in [7, 11) is 0. The van der Waals surface area contributed by atoms with Gasteiger partial charge in [-0.05, 0) is 74.2 Å².